The first-order valence-electron chi connectivity index (χ1n) is 4.09. The maximum atomic E-state index is 10.8. The fourth-order valence-electron chi connectivity index (χ4n) is 0.893. The summed E-state index contributed by atoms with van der Waals surface area (Å²) in [4.78, 5) is 11.1. The lowest BCUT2D eigenvalue weighted by Gasteiger charge is -2.05. The molecular weight excluding hydrogens is 198 g/mol. The summed E-state index contributed by atoms with van der Waals surface area (Å²) in [6, 6.07) is 7.19. The third-order valence-corrected chi connectivity index (χ3v) is 2.06. The second kappa shape index (κ2) is 4.72. The molecule has 0 saturated heterocycles. The summed E-state index contributed by atoms with van der Waals surface area (Å²) >= 11 is 4.83. The van der Waals surface area contributed by atoms with E-state index in [0.717, 1.165) is 11.4 Å². The smallest absolute Gasteiger partial charge is 0.187 e. The number of hydrogen-bond donors (Lipinski definition) is 1. The fraction of sp³-hybridized carbons (Fsp3) is 0.200. The minimum Gasteiger partial charge on any atom is -0.497 e. The normalized spacial score (nSPS) is 9.29. The molecule has 0 fully saturated rings. The van der Waals surface area contributed by atoms with Crippen molar-refractivity contribution in [3.8, 4) is 5.75 Å². The van der Waals surface area contributed by atoms with E-state index in [1.807, 2.05) is 0 Å². The zero-order valence-corrected chi connectivity index (χ0v) is 8.85. The molecule has 0 aliphatic heterocycles. The van der Waals surface area contributed by atoms with Crippen LogP contribution in [0.2, 0.25) is 0 Å². The lowest BCUT2D eigenvalue weighted by molar-refractivity contribution is -0.110. The van der Waals surface area contributed by atoms with E-state index in [-0.39, 0.29) is 10.8 Å². The van der Waals surface area contributed by atoms with Crippen LogP contribution in [0, 0.1) is 0 Å². The molecule has 0 aliphatic rings. The van der Waals surface area contributed by atoms with Gasteiger partial charge < -0.3 is 10.1 Å². The van der Waals surface area contributed by atoms with E-state index in [2.05, 4.69) is 5.32 Å². The third kappa shape index (κ3) is 2.81. The Morgan fingerprint density at radius 3 is 2.36 bits per heavy atom. The Kier molecular flexibility index (Phi) is 3.59. The van der Waals surface area contributed by atoms with Crippen molar-refractivity contribution in [2.24, 2.45) is 0 Å². The van der Waals surface area contributed by atoms with E-state index < -0.39 is 0 Å². The van der Waals surface area contributed by atoms with Gasteiger partial charge in [-0.2, -0.15) is 0 Å². The summed E-state index contributed by atoms with van der Waals surface area (Å²) < 4.78 is 4.99. The van der Waals surface area contributed by atoms with E-state index >= 15 is 0 Å². The van der Waals surface area contributed by atoms with E-state index in [9.17, 15) is 4.79 Å². The standard InChI is InChI=1S/C10H11NO2S/c1-7(12)10(14)11-8-3-5-9(13-2)6-4-8/h3-6H,1-2H3,(H,11,14). The summed E-state index contributed by atoms with van der Waals surface area (Å²) in [7, 11) is 1.60. The van der Waals surface area contributed by atoms with Gasteiger partial charge in [0.15, 0.2) is 5.78 Å². The quantitative estimate of drug-likeness (QED) is 0.773. The number of benzene rings is 1. The Balaban J connectivity index is 2.69. The second-order valence-electron chi connectivity index (χ2n) is 2.74. The summed E-state index contributed by atoms with van der Waals surface area (Å²) in [6.07, 6.45) is 0. The lowest BCUT2D eigenvalue weighted by atomic mass is 10.3. The number of ketones is 1. The van der Waals surface area contributed by atoms with Crippen LogP contribution in [-0.4, -0.2) is 17.9 Å². The van der Waals surface area contributed by atoms with Crippen molar-refractivity contribution in [1.82, 2.24) is 0 Å². The van der Waals surface area contributed by atoms with Crippen molar-refractivity contribution >= 4 is 28.7 Å². The molecule has 0 aliphatic carbocycles. The minimum absolute atomic E-state index is 0.143. The number of thiocarbonyl (C=S) groups is 1. The highest BCUT2D eigenvalue weighted by Gasteiger charge is 2.02. The van der Waals surface area contributed by atoms with Gasteiger partial charge in [0.2, 0.25) is 0 Å². The zero-order valence-electron chi connectivity index (χ0n) is 8.03. The van der Waals surface area contributed by atoms with Gasteiger partial charge in [0, 0.05) is 12.6 Å². The van der Waals surface area contributed by atoms with E-state index in [1.165, 1.54) is 6.92 Å². The van der Waals surface area contributed by atoms with Crippen molar-refractivity contribution in [2.45, 2.75) is 6.92 Å². The topological polar surface area (TPSA) is 38.3 Å². The highest BCUT2D eigenvalue weighted by atomic mass is 32.1. The number of carbonyl (C=O) groups is 1. The molecule has 1 rings (SSSR count). The third-order valence-electron chi connectivity index (χ3n) is 1.67. The number of Topliss-reactive ketones (excluding diaryl/α,β-unsaturated/α-hetero) is 1. The summed E-state index contributed by atoms with van der Waals surface area (Å²) in [5, 5.41) is 2.82. The van der Waals surface area contributed by atoms with Crippen molar-refractivity contribution in [1.29, 1.82) is 0 Å². The average Bonchev–Trinajstić information content (AvgIpc) is 2.19. The Bertz CT molecular complexity index is 346. The van der Waals surface area contributed by atoms with Crippen LogP contribution in [-0.2, 0) is 4.79 Å². The molecule has 14 heavy (non-hydrogen) atoms. The highest BCUT2D eigenvalue weighted by molar-refractivity contribution is 7.82. The van der Waals surface area contributed by atoms with Gasteiger partial charge in [-0.05, 0) is 24.3 Å². The van der Waals surface area contributed by atoms with Crippen molar-refractivity contribution in [2.75, 3.05) is 12.4 Å². The van der Waals surface area contributed by atoms with Crippen LogP contribution in [0.4, 0.5) is 5.69 Å². The second-order valence-corrected chi connectivity index (χ2v) is 3.15. The Morgan fingerprint density at radius 1 is 1.36 bits per heavy atom. The molecule has 0 bridgehead atoms. The molecule has 1 N–H and O–H groups in total. The first-order valence-corrected chi connectivity index (χ1v) is 4.50. The first-order chi connectivity index (χ1) is 6.63. The molecule has 0 radical (unpaired) electrons. The monoisotopic (exact) mass is 209 g/mol. The van der Waals surface area contributed by atoms with Gasteiger partial charge in [0.25, 0.3) is 0 Å². The molecule has 0 amide bonds. The number of rotatable bonds is 3. The molecule has 1 aromatic carbocycles. The minimum atomic E-state index is -0.143. The molecule has 0 heterocycles. The lowest BCUT2D eigenvalue weighted by Crippen LogP contribution is -2.17. The van der Waals surface area contributed by atoms with Crippen molar-refractivity contribution < 1.29 is 9.53 Å². The van der Waals surface area contributed by atoms with E-state index in [4.69, 9.17) is 17.0 Å². The van der Waals surface area contributed by atoms with Gasteiger partial charge >= 0.3 is 0 Å². The van der Waals surface area contributed by atoms with Crippen LogP contribution < -0.4 is 10.1 Å². The summed E-state index contributed by atoms with van der Waals surface area (Å²) in [6.45, 7) is 1.43. The molecule has 0 atom stereocenters. The van der Waals surface area contributed by atoms with Crippen LogP contribution in [0.15, 0.2) is 24.3 Å². The zero-order chi connectivity index (χ0) is 10.6. The van der Waals surface area contributed by atoms with Crippen LogP contribution in [0.25, 0.3) is 0 Å². The Labute approximate surface area is 88.1 Å². The number of anilines is 1. The van der Waals surface area contributed by atoms with E-state index in [1.54, 1.807) is 31.4 Å². The number of carbonyl (C=O) groups excluding carboxylic acids is 1. The molecule has 3 nitrogen and oxygen atoms in total. The molecular formula is C10H11NO2S. The number of hydrogen-bond acceptors (Lipinski definition) is 3. The number of methoxy groups -OCH3 is 1. The maximum absolute atomic E-state index is 10.8. The fourth-order valence-corrected chi connectivity index (χ4v) is 1.01. The molecule has 0 unspecified atom stereocenters. The molecule has 0 saturated carbocycles. The predicted octanol–water partition coefficient (Wildman–Crippen LogP) is 2.02. The Morgan fingerprint density at radius 2 is 1.93 bits per heavy atom. The average molecular weight is 209 g/mol. The summed E-state index contributed by atoms with van der Waals surface area (Å²) in [5.41, 5.74) is 0.783. The van der Waals surface area contributed by atoms with Gasteiger partial charge in [-0.15, -0.1) is 0 Å². The van der Waals surface area contributed by atoms with Crippen molar-refractivity contribution in [3.05, 3.63) is 24.3 Å². The van der Waals surface area contributed by atoms with E-state index in [0.29, 0.717) is 0 Å². The van der Waals surface area contributed by atoms with Gasteiger partial charge in [-0.25, -0.2) is 0 Å². The number of ether oxygens (including phenoxy) is 1. The largest absolute Gasteiger partial charge is 0.497 e. The molecule has 0 spiro atoms. The summed E-state index contributed by atoms with van der Waals surface area (Å²) in [5.74, 6) is 0.625. The Hall–Kier alpha value is -1.42. The van der Waals surface area contributed by atoms with Gasteiger partial charge in [0.05, 0.1) is 7.11 Å². The van der Waals surface area contributed by atoms with Gasteiger partial charge in [-0.1, -0.05) is 12.2 Å². The van der Waals surface area contributed by atoms with Crippen LogP contribution >= 0.6 is 12.2 Å². The molecule has 4 heteroatoms. The van der Waals surface area contributed by atoms with Crippen LogP contribution in [0.5, 0.6) is 5.75 Å². The first kappa shape index (κ1) is 10.7. The molecule has 0 aromatic heterocycles. The maximum Gasteiger partial charge on any atom is 0.187 e. The van der Waals surface area contributed by atoms with Crippen LogP contribution in [0.1, 0.15) is 6.92 Å². The number of nitrogens with one attached hydrogen (secondary N) is 1. The predicted molar refractivity (Wildman–Crippen MR) is 59.9 cm³/mol. The van der Waals surface area contributed by atoms with Crippen molar-refractivity contribution in [3.63, 3.8) is 0 Å². The molecule has 74 valence electrons. The van der Waals surface area contributed by atoms with Gasteiger partial charge in [-0.3, -0.25) is 4.79 Å². The molecule has 1 aromatic rings. The SMILES string of the molecule is COc1ccc(NC(=S)C(C)=O)cc1. The highest BCUT2D eigenvalue weighted by Crippen LogP contribution is 2.14. The van der Waals surface area contributed by atoms with Gasteiger partial charge in [0.1, 0.15) is 10.7 Å². The van der Waals surface area contributed by atoms with Crippen LogP contribution in [0.3, 0.4) is 0 Å².